The molecule has 2 spiro atoms. The summed E-state index contributed by atoms with van der Waals surface area (Å²) in [6.07, 6.45) is 12.7. The minimum Gasteiger partial charge on any atom is -0.393 e. The fourth-order valence-electron chi connectivity index (χ4n) is 11.0. The van der Waals surface area contributed by atoms with Gasteiger partial charge in [0.1, 0.15) is 0 Å². The highest BCUT2D eigenvalue weighted by atomic mass is 32.1. The van der Waals surface area contributed by atoms with Crippen LogP contribution in [0.4, 0.5) is 10.5 Å². The highest BCUT2D eigenvalue weighted by Crippen LogP contribution is 2.78. The quantitative estimate of drug-likeness (QED) is 0.148. The molecule has 2 amide bonds. The van der Waals surface area contributed by atoms with Crippen molar-refractivity contribution in [1.82, 2.24) is 4.90 Å². The average molecular weight is 659 g/mol. The van der Waals surface area contributed by atoms with Crippen LogP contribution in [0.25, 0.3) is 0 Å². The smallest absolute Gasteiger partial charge is 0.321 e. The van der Waals surface area contributed by atoms with E-state index >= 15 is 0 Å². The molecule has 0 radical (unpaired) electrons. The number of carbonyl (C=O) groups is 2. The van der Waals surface area contributed by atoms with E-state index in [9.17, 15) is 19.8 Å². The van der Waals surface area contributed by atoms with Crippen molar-refractivity contribution < 1.29 is 24.5 Å². The molecule has 8 atom stereocenters. The van der Waals surface area contributed by atoms with Crippen molar-refractivity contribution in [3.8, 4) is 0 Å². The summed E-state index contributed by atoms with van der Waals surface area (Å²) in [4.78, 5) is 32.1. The van der Waals surface area contributed by atoms with Crippen molar-refractivity contribution in [2.75, 3.05) is 32.1 Å². The molecule has 0 saturated heterocycles. The van der Waals surface area contributed by atoms with Gasteiger partial charge in [0.2, 0.25) is 0 Å². The first-order valence-electron chi connectivity index (χ1n) is 17.5. The predicted octanol–water partition coefficient (Wildman–Crippen LogP) is 7.40. The Bertz CT molecular complexity index is 1600. The number of nitrogens with one attached hydrogen (secondary N) is 1. The molecule has 3 N–H and O–H groups in total. The number of aliphatic hydroxyl groups is 2. The molecule has 1 aromatic carbocycles. The van der Waals surface area contributed by atoms with E-state index in [0.29, 0.717) is 32.4 Å². The summed E-state index contributed by atoms with van der Waals surface area (Å²) in [6, 6.07) is 13.2. The molecular weight excluding hydrogens is 609 g/mol. The van der Waals surface area contributed by atoms with Crippen molar-refractivity contribution in [1.29, 1.82) is 0 Å². The van der Waals surface area contributed by atoms with Gasteiger partial charge in [0.15, 0.2) is 5.78 Å². The lowest BCUT2D eigenvalue weighted by Gasteiger charge is -2.71. The second-order valence-electron chi connectivity index (χ2n) is 15.6. The molecule has 0 aliphatic heterocycles. The van der Waals surface area contributed by atoms with Crippen molar-refractivity contribution in [2.45, 2.75) is 83.8 Å². The molecule has 1 aromatic heterocycles. The first kappa shape index (κ1) is 32.8. The van der Waals surface area contributed by atoms with Gasteiger partial charge in [0, 0.05) is 52.6 Å². The molecule has 3 fully saturated rings. The number of allylic oxidation sites excluding steroid dienone is 4. The molecule has 2 aromatic rings. The topological polar surface area (TPSA) is 99.1 Å². The second kappa shape index (κ2) is 11.7. The maximum atomic E-state index is 14.7. The van der Waals surface area contributed by atoms with E-state index in [4.69, 9.17) is 4.74 Å². The minimum atomic E-state index is -1.13. The van der Waals surface area contributed by atoms with Crippen LogP contribution in [0.1, 0.15) is 79.8 Å². The van der Waals surface area contributed by atoms with Crippen molar-refractivity contribution in [2.24, 2.45) is 33.5 Å². The molecule has 6 aliphatic rings. The zero-order chi connectivity index (χ0) is 33.2. The third kappa shape index (κ3) is 4.84. The van der Waals surface area contributed by atoms with Gasteiger partial charge in [-0.2, -0.15) is 0 Å². The van der Waals surface area contributed by atoms with Crippen LogP contribution in [0.3, 0.4) is 0 Å². The van der Waals surface area contributed by atoms with Crippen LogP contribution in [-0.4, -0.2) is 65.4 Å². The Kier molecular flexibility index (Phi) is 8.14. The molecule has 1 heterocycles. The van der Waals surface area contributed by atoms with E-state index in [1.807, 2.05) is 49.4 Å². The van der Waals surface area contributed by atoms with Crippen molar-refractivity contribution >= 4 is 28.8 Å². The second-order valence-corrected chi connectivity index (χ2v) is 16.9. The van der Waals surface area contributed by atoms with Gasteiger partial charge in [-0.15, -0.1) is 11.3 Å². The average Bonchev–Trinajstić information content (AvgIpc) is 3.60. The number of thiophene rings is 1. The maximum Gasteiger partial charge on any atom is 0.321 e. The largest absolute Gasteiger partial charge is 0.393 e. The normalized spacial score (nSPS) is 38.3. The molecule has 3 saturated carbocycles. The van der Waals surface area contributed by atoms with E-state index in [0.717, 1.165) is 53.1 Å². The molecule has 252 valence electrons. The van der Waals surface area contributed by atoms with Crippen LogP contribution >= 0.6 is 11.3 Å². The Morgan fingerprint density at radius 1 is 1.00 bits per heavy atom. The summed E-state index contributed by atoms with van der Waals surface area (Å²) in [5, 5.41) is 26.9. The number of ketones is 1. The minimum absolute atomic E-state index is 0.0336. The van der Waals surface area contributed by atoms with E-state index in [1.165, 1.54) is 0 Å². The molecule has 8 rings (SSSR count). The van der Waals surface area contributed by atoms with Gasteiger partial charge in [-0.3, -0.25) is 4.79 Å². The van der Waals surface area contributed by atoms with Crippen LogP contribution in [0, 0.1) is 40.4 Å². The van der Waals surface area contributed by atoms with Gasteiger partial charge in [-0.1, -0.05) is 50.3 Å². The lowest BCUT2D eigenvalue weighted by atomic mass is 9.32. The third-order valence-corrected chi connectivity index (χ3v) is 14.5. The summed E-state index contributed by atoms with van der Waals surface area (Å²) in [6.45, 7) is 7.89. The molecule has 8 unspecified atom stereocenters. The summed E-state index contributed by atoms with van der Waals surface area (Å²) in [5.74, 6) is 0.366. The molecule has 2 bridgehead atoms. The predicted molar refractivity (Wildman–Crippen MR) is 185 cm³/mol. The van der Waals surface area contributed by atoms with E-state index in [-0.39, 0.29) is 47.1 Å². The Hall–Kier alpha value is -2.78. The molecular formula is C39H50N2O5S. The lowest BCUT2D eigenvalue weighted by molar-refractivity contribution is -0.174. The number of hydrogen-bond acceptors (Lipinski definition) is 6. The van der Waals surface area contributed by atoms with Gasteiger partial charge < -0.3 is 25.2 Å². The van der Waals surface area contributed by atoms with E-state index in [2.05, 4.69) is 37.4 Å². The fourth-order valence-corrected chi connectivity index (χ4v) is 11.8. The number of carbonyl (C=O) groups excluding carboxylic acids is 2. The third-order valence-electron chi connectivity index (χ3n) is 13.5. The standard InChI is InChI=1S/C39H50N2O5S/c1-26-11-12-30(47-26)33(43)29-24-37-19-20-39(29)31(35(37,2)16-13-28(42)23-37)14-17-36(3)32(39)15-18-38(36,45)25-41(21-8-22-46-4)34(44)40-27-9-6-5-7-10-27/h5-7,9-12,19-20,24,28,31-32,42,45H,8,13-18,21-23,25H2,1-4H3,(H,40,44). The van der Waals surface area contributed by atoms with Crippen molar-refractivity contribution in [3.05, 3.63) is 76.0 Å². The number of ether oxygens (including phenoxy) is 1. The van der Waals surface area contributed by atoms with E-state index < -0.39 is 16.4 Å². The Morgan fingerprint density at radius 2 is 1.72 bits per heavy atom. The number of benzene rings is 1. The Labute approximate surface area is 283 Å². The van der Waals surface area contributed by atoms with Crippen LogP contribution in [0.5, 0.6) is 0 Å². The van der Waals surface area contributed by atoms with E-state index in [1.54, 1.807) is 23.3 Å². The SMILES string of the molecule is COCCCN(CC1(O)CCC2C34C=CC5(C=C3C(=O)c3ccc(C)s3)CC(O)CCC5(C)C4CCC21C)C(=O)Nc1ccccc1. The Balaban J connectivity index is 1.27. The number of aryl methyl sites for hydroxylation is 1. The van der Waals surface area contributed by atoms with Gasteiger partial charge in [0.05, 0.1) is 23.1 Å². The number of fused-ring (bicyclic) bond motifs is 1. The van der Waals surface area contributed by atoms with Gasteiger partial charge in [-0.05, 0) is 99.8 Å². The summed E-state index contributed by atoms with van der Waals surface area (Å²) >= 11 is 1.55. The number of amides is 2. The number of para-hydroxylation sites is 1. The Morgan fingerprint density at radius 3 is 2.45 bits per heavy atom. The zero-order valence-corrected chi connectivity index (χ0v) is 29.1. The summed E-state index contributed by atoms with van der Waals surface area (Å²) in [7, 11) is 1.66. The van der Waals surface area contributed by atoms with Crippen LogP contribution in [-0.2, 0) is 4.74 Å². The van der Waals surface area contributed by atoms with Crippen LogP contribution in [0.2, 0.25) is 0 Å². The first-order valence-corrected chi connectivity index (χ1v) is 18.3. The zero-order valence-electron chi connectivity index (χ0n) is 28.3. The number of urea groups is 1. The summed E-state index contributed by atoms with van der Waals surface area (Å²) < 4.78 is 5.33. The number of methoxy groups -OCH3 is 1. The number of hydrogen-bond donors (Lipinski definition) is 3. The molecule has 8 heteroatoms. The van der Waals surface area contributed by atoms with Crippen molar-refractivity contribution in [3.63, 3.8) is 0 Å². The highest BCUT2D eigenvalue weighted by molar-refractivity contribution is 7.14. The molecule has 7 nitrogen and oxygen atoms in total. The molecule has 6 aliphatic carbocycles. The molecule has 47 heavy (non-hydrogen) atoms. The lowest BCUT2D eigenvalue weighted by Crippen LogP contribution is -2.67. The number of rotatable bonds is 9. The van der Waals surface area contributed by atoms with Crippen LogP contribution < -0.4 is 5.32 Å². The first-order chi connectivity index (χ1) is 22.4. The summed E-state index contributed by atoms with van der Waals surface area (Å²) in [5.41, 5.74) is -1.01. The van der Waals surface area contributed by atoms with Gasteiger partial charge in [0.25, 0.3) is 0 Å². The number of nitrogens with zero attached hydrogens (tertiary/aromatic N) is 1. The maximum absolute atomic E-state index is 14.7. The highest BCUT2D eigenvalue weighted by Gasteiger charge is 2.74. The number of anilines is 1. The van der Waals surface area contributed by atoms with Crippen LogP contribution in [0.15, 0.2) is 66.3 Å². The van der Waals surface area contributed by atoms with Gasteiger partial charge >= 0.3 is 6.03 Å². The number of Topliss-reactive ketones (excluding diaryl/α,β-unsaturated/α-hetero) is 1. The number of aliphatic hydroxyl groups excluding tert-OH is 1. The fraction of sp³-hybridized carbons (Fsp3) is 0.590. The monoisotopic (exact) mass is 658 g/mol. The van der Waals surface area contributed by atoms with Gasteiger partial charge in [-0.25, -0.2) is 4.79 Å².